The number of methoxy groups -OCH3 is 2. The molecule has 0 aliphatic heterocycles. The van der Waals surface area contributed by atoms with Crippen molar-refractivity contribution in [3.63, 3.8) is 0 Å². The van der Waals surface area contributed by atoms with E-state index < -0.39 is 0 Å². The third-order valence-electron chi connectivity index (χ3n) is 1.70. The summed E-state index contributed by atoms with van der Waals surface area (Å²) in [5.74, 6) is 0. The molecule has 0 aromatic heterocycles. The molecule has 0 heterocycles. The molecule has 0 unspecified atom stereocenters. The first-order valence-corrected chi connectivity index (χ1v) is 8.59. The second-order valence-electron chi connectivity index (χ2n) is 2.75. The fraction of sp³-hybridized carbons (Fsp3) is 1.00. The Morgan fingerprint density at radius 1 is 0.909 bits per heavy atom. The summed E-state index contributed by atoms with van der Waals surface area (Å²) in [6.45, 7) is 1.91. The number of hydrogen-bond acceptors (Lipinski definition) is 2. The summed E-state index contributed by atoms with van der Waals surface area (Å²) in [7, 11) is 3.55. The van der Waals surface area contributed by atoms with Gasteiger partial charge < -0.3 is 0 Å². The van der Waals surface area contributed by atoms with Crippen LogP contribution in [0.25, 0.3) is 0 Å². The first kappa shape index (κ1) is 11.5. The van der Waals surface area contributed by atoms with Gasteiger partial charge in [-0.2, -0.15) is 0 Å². The van der Waals surface area contributed by atoms with Crippen LogP contribution in [0.4, 0.5) is 0 Å². The van der Waals surface area contributed by atoms with Crippen molar-refractivity contribution in [3.05, 3.63) is 0 Å². The van der Waals surface area contributed by atoms with Crippen LogP contribution in [0.3, 0.4) is 0 Å². The van der Waals surface area contributed by atoms with Crippen LogP contribution in [-0.4, -0.2) is 27.4 Å². The van der Waals surface area contributed by atoms with Crippen molar-refractivity contribution < 1.29 is 26.6 Å². The molecule has 0 spiro atoms. The van der Waals surface area contributed by atoms with Crippen molar-refractivity contribution in [1.82, 2.24) is 0 Å². The van der Waals surface area contributed by atoms with Crippen molar-refractivity contribution in [2.45, 2.75) is 22.9 Å². The zero-order valence-corrected chi connectivity index (χ0v) is 10.7. The molecule has 3 heteroatoms. The van der Waals surface area contributed by atoms with E-state index in [1.807, 2.05) is 0 Å². The van der Waals surface area contributed by atoms with E-state index in [4.69, 9.17) is 9.47 Å². The maximum absolute atomic E-state index is 4.97. The maximum atomic E-state index is 4.97. The number of rotatable bonds is 8. The van der Waals surface area contributed by atoms with Crippen LogP contribution < -0.4 is 0 Å². The first-order chi connectivity index (χ1) is 5.41. The summed E-state index contributed by atoms with van der Waals surface area (Å²) in [5, 5.41) is 2.95. The molecule has 0 fully saturated rings. The molecule has 0 saturated heterocycles. The van der Waals surface area contributed by atoms with E-state index in [-0.39, 0.29) is 17.1 Å². The normalized spacial score (nSPS) is 9.64. The fourth-order valence-corrected chi connectivity index (χ4v) is 4.11. The first-order valence-electron chi connectivity index (χ1n) is 4.39. The van der Waals surface area contributed by atoms with Gasteiger partial charge in [0.2, 0.25) is 0 Å². The molecular formula is C8H18O2Zn. The van der Waals surface area contributed by atoms with E-state index in [1.165, 1.54) is 22.9 Å². The van der Waals surface area contributed by atoms with Gasteiger partial charge in [-0.15, -0.1) is 0 Å². The molecule has 2 nitrogen and oxygen atoms in total. The third kappa shape index (κ3) is 10.5. The Morgan fingerprint density at radius 2 is 1.36 bits per heavy atom. The molecule has 0 aromatic carbocycles. The SMILES string of the molecule is COCC[CH2][Zn][CH2]CCOC. The summed E-state index contributed by atoms with van der Waals surface area (Å²) in [5.41, 5.74) is 0. The Labute approximate surface area is 77.2 Å². The summed E-state index contributed by atoms with van der Waals surface area (Å²) < 4.78 is 9.95. The zero-order chi connectivity index (χ0) is 8.36. The van der Waals surface area contributed by atoms with Crippen LogP contribution in [0.2, 0.25) is 10.0 Å². The molecule has 64 valence electrons. The van der Waals surface area contributed by atoms with Gasteiger partial charge in [0, 0.05) is 0 Å². The molecule has 11 heavy (non-hydrogen) atoms. The predicted molar refractivity (Wildman–Crippen MR) is 42.6 cm³/mol. The van der Waals surface area contributed by atoms with Gasteiger partial charge in [-0.05, 0) is 0 Å². The van der Waals surface area contributed by atoms with Gasteiger partial charge >= 0.3 is 76.9 Å². The summed E-state index contributed by atoms with van der Waals surface area (Å²) >= 11 is -0.175. The van der Waals surface area contributed by atoms with E-state index in [9.17, 15) is 0 Å². The topological polar surface area (TPSA) is 18.5 Å². The van der Waals surface area contributed by atoms with Crippen molar-refractivity contribution in [1.29, 1.82) is 0 Å². The Hall–Kier alpha value is 0.543. The van der Waals surface area contributed by atoms with Gasteiger partial charge in [0.1, 0.15) is 0 Å². The molecule has 0 aromatic rings. The zero-order valence-electron chi connectivity index (χ0n) is 7.77. The predicted octanol–water partition coefficient (Wildman–Crippen LogP) is 1.98. The van der Waals surface area contributed by atoms with Gasteiger partial charge in [-0.25, -0.2) is 0 Å². The minimum absolute atomic E-state index is 0.175. The van der Waals surface area contributed by atoms with Crippen LogP contribution in [0.1, 0.15) is 12.8 Å². The fourth-order valence-electron chi connectivity index (χ4n) is 1.02. The monoisotopic (exact) mass is 210 g/mol. The Kier molecular flexibility index (Phi) is 11.1. The molecule has 0 radical (unpaired) electrons. The van der Waals surface area contributed by atoms with E-state index in [2.05, 4.69) is 0 Å². The van der Waals surface area contributed by atoms with Crippen molar-refractivity contribution in [3.8, 4) is 0 Å². The van der Waals surface area contributed by atoms with Crippen LogP contribution in [0, 0.1) is 0 Å². The van der Waals surface area contributed by atoms with E-state index >= 15 is 0 Å². The average Bonchev–Trinajstić information content (AvgIpc) is 2.03. The molecule has 0 bridgehead atoms. The Bertz CT molecular complexity index is 61.1. The van der Waals surface area contributed by atoms with E-state index in [0.717, 1.165) is 13.2 Å². The second-order valence-corrected chi connectivity index (χ2v) is 7.20. The molecule has 0 amide bonds. The minimum atomic E-state index is -0.175. The van der Waals surface area contributed by atoms with Gasteiger partial charge in [-0.3, -0.25) is 0 Å². The van der Waals surface area contributed by atoms with Crippen molar-refractivity contribution in [2.75, 3.05) is 27.4 Å². The molecule has 0 saturated carbocycles. The number of hydrogen-bond donors (Lipinski definition) is 0. The van der Waals surface area contributed by atoms with Crippen LogP contribution in [0.15, 0.2) is 0 Å². The van der Waals surface area contributed by atoms with E-state index in [0.29, 0.717) is 0 Å². The van der Waals surface area contributed by atoms with Crippen LogP contribution in [0.5, 0.6) is 0 Å². The summed E-state index contributed by atoms with van der Waals surface area (Å²) in [6.07, 6.45) is 2.56. The molecule has 0 aliphatic rings. The van der Waals surface area contributed by atoms with Crippen LogP contribution in [-0.2, 0) is 26.6 Å². The summed E-state index contributed by atoms with van der Waals surface area (Å²) in [4.78, 5) is 0. The van der Waals surface area contributed by atoms with Crippen molar-refractivity contribution >= 4 is 0 Å². The molecular weight excluding hydrogens is 193 g/mol. The number of ether oxygens (including phenoxy) is 2. The standard InChI is InChI=1S/2C4H9O.Zn/c2*1-3-4-5-2;/h2*1,3-4H2,2H3;. The molecule has 0 N–H and O–H groups in total. The average molecular weight is 212 g/mol. The molecule has 0 aliphatic carbocycles. The van der Waals surface area contributed by atoms with Gasteiger partial charge in [-0.1, -0.05) is 0 Å². The van der Waals surface area contributed by atoms with Gasteiger partial charge in [0.25, 0.3) is 0 Å². The quantitative estimate of drug-likeness (QED) is 0.452. The van der Waals surface area contributed by atoms with E-state index in [1.54, 1.807) is 14.2 Å². The Balaban J connectivity index is 2.69. The Morgan fingerprint density at radius 3 is 1.73 bits per heavy atom. The summed E-state index contributed by atoms with van der Waals surface area (Å²) in [6, 6.07) is 0. The van der Waals surface area contributed by atoms with Gasteiger partial charge in [0.05, 0.1) is 0 Å². The molecule has 0 rings (SSSR count). The van der Waals surface area contributed by atoms with Crippen molar-refractivity contribution in [2.24, 2.45) is 0 Å². The third-order valence-corrected chi connectivity index (χ3v) is 5.89. The second kappa shape index (κ2) is 10.5. The van der Waals surface area contributed by atoms with Crippen LogP contribution >= 0.6 is 0 Å². The molecule has 0 atom stereocenters. The van der Waals surface area contributed by atoms with Gasteiger partial charge in [0.15, 0.2) is 0 Å².